The number of hydrogen-bond donors (Lipinski definition) is 0. The fraction of sp³-hybridized carbons (Fsp3) is 0.276. The Morgan fingerprint density at radius 2 is 1.03 bits per heavy atom. The minimum Gasteiger partial charge on any atom is -0.458 e. The third-order valence-electron chi connectivity index (χ3n) is 13.4. The molecule has 316 valence electrons. The molecule has 0 atom stereocenters. The van der Waals surface area contributed by atoms with E-state index in [9.17, 15) is 0 Å². The van der Waals surface area contributed by atoms with Crippen LogP contribution in [0.1, 0.15) is 105 Å². The van der Waals surface area contributed by atoms with Crippen molar-refractivity contribution in [3.63, 3.8) is 0 Å². The summed E-state index contributed by atoms with van der Waals surface area (Å²) < 4.78 is 9.51. The second kappa shape index (κ2) is 14.4. The fourth-order valence-electron chi connectivity index (χ4n) is 9.72. The van der Waals surface area contributed by atoms with Gasteiger partial charge in [0.25, 0.3) is 6.71 Å². The first-order valence-electron chi connectivity index (χ1n) is 22.6. The molecule has 0 amide bonds. The van der Waals surface area contributed by atoms with Crippen molar-refractivity contribution < 1.29 is 4.74 Å². The van der Waals surface area contributed by atoms with Crippen molar-refractivity contribution in [1.29, 1.82) is 0 Å². The van der Waals surface area contributed by atoms with E-state index in [0.717, 1.165) is 34.2 Å². The third-order valence-corrected chi connectivity index (χ3v) is 14.6. The van der Waals surface area contributed by atoms with Crippen molar-refractivity contribution in [2.24, 2.45) is 0 Å². The highest BCUT2D eigenvalue weighted by molar-refractivity contribution is 7.27. The van der Waals surface area contributed by atoms with Gasteiger partial charge < -0.3 is 14.5 Å². The topological polar surface area (TPSA) is 15.7 Å². The highest BCUT2D eigenvalue weighted by Gasteiger charge is 2.44. The molecule has 10 rings (SSSR count). The molecular formula is C58H59BN2OS. The van der Waals surface area contributed by atoms with Crippen LogP contribution in [0.2, 0.25) is 0 Å². The van der Waals surface area contributed by atoms with E-state index in [1.165, 1.54) is 70.2 Å². The summed E-state index contributed by atoms with van der Waals surface area (Å²) in [4.78, 5) is 5.04. The second-order valence-electron chi connectivity index (χ2n) is 21.9. The van der Waals surface area contributed by atoms with Gasteiger partial charge >= 0.3 is 0 Å². The first-order chi connectivity index (χ1) is 29.8. The van der Waals surface area contributed by atoms with E-state index in [4.69, 9.17) is 4.74 Å². The van der Waals surface area contributed by atoms with Gasteiger partial charge in [0.2, 0.25) is 0 Å². The van der Waals surface area contributed by atoms with Gasteiger partial charge in [0.15, 0.2) is 0 Å². The molecule has 0 aliphatic carbocycles. The standard InChI is InChI=1S/C58H59BN2OS/c1-55(2,3)36-20-27-40(28-21-36)60(41-29-22-37(23-30-41)56(4,5)6)47-35-46-53(51-43-16-13-14-19-50(43)63-54(47)51)59-44-34-39(58(10,11)12)26-33-48(44)62-49-18-15-17-45(52(49)59)61(46)42-31-24-38(25-32-42)57(7,8)9/h13-35H,1-12H3. The Bertz CT molecular complexity index is 3000. The largest absolute Gasteiger partial charge is 0.458 e. The maximum Gasteiger partial charge on any atom is 0.257 e. The van der Waals surface area contributed by atoms with Crippen LogP contribution in [-0.2, 0) is 21.7 Å². The van der Waals surface area contributed by atoms with Crippen LogP contribution in [0.4, 0.5) is 34.1 Å². The Labute approximate surface area is 379 Å². The number of ether oxygens (including phenoxy) is 1. The molecule has 0 saturated heterocycles. The van der Waals surface area contributed by atoms with Crippen LogP contribution in [0.15, 0.2) is 140 Å². The number of hydrogen-bond acceptors (Lipinski definition) is 4. The summed E-state index contributed by atoms with van der Waals surface area (Å²) >= 11 is 1.91. The van der Waals surface area contributed by atoms with Crippen molar-refractivity contribution in [3.8, 4) is 11.5 Å². The predicted octanol–water partition coefficient (Wildman–Crippen LogP) is 15.1. The molecule has 8 aromatic rings. The summed E-state index contributed by atoms with van der Waals surface area (Å²) in [5.74, 6) is 1.86. The highest BCUT2D eigenvalue weighted by Crippen LogP contribution is 2.51. The van der Waals surface area contributed by atoms with Crippen LogP contribution in [-0.4, -0.2) is 6.71 Å². The molecule has 0 saturated carbocycles. The maximum atomic E-state index is 6.95. The van der Waals surface area contributed by atoms with E-state index in [1.807, 2.05) is 11.3 Å². The predicted molar refractivity (Wildman–Crippen MR) is 275 cm³/mol. The highest BCUT2D eigenvalue weighted by atomic mass is 32.1. The lowest BCUT2D eigenvalue weighted by Crippen LogP contribution is -2.60. The minimum absolute atomic E-state index is 0.0260. The van der Waals surface area contributed by atoms with Crippen molar-refractivity contribution in [1.82, 2.24) is 0 Å². The van der Waals surface area contributed by atoms with Crippen molar-refractivity contribution >= 4 is 88.7 Å². The molecule has 0 N–H and O–H groups in total. The summed E-state index contributed by atoms with van der Waals surface area (Å²) in [5.41, 5.74) is 16.0. The van der Waals surface area contributed by atoms with Crippen molar-refractivity contribution in [3.05, 3.63) is 162 Å². The van der Waals surface area contributed by atoms with Crippen molar-refractivity contribution in [2.45, 2.75) is 105 Å². The molecule has 1 aromatic heterocycles. The fourth-order valence-corrected chi connectivity index (χ4v) is 10.9. The SMILES string of the molecule is CC(C)(C)c1ccc(N2c3cccc4c3B(c3cc(C(C)(C)C)ccc3O4)c3c2cc(N(c2ccc(C(C)(C)C)cc2)c2ccc(C(C)(C)C)cc2)c2sc4ccccc4c32)cc1. The lowest BCUT2D eigenvalue weighted by atomic mass is 9.33. The molecule has 5 heteroatoms. The summed E-state index contributed by atoms with van der Waals surface area (Å²) in [6.07, 6.45) is 0. The van der Waals surface area contributed by atoms with Gasteiger partial charge in [-0.1, -0.05) is 156 Å². The van der Waals surface area contributed by atoms with Crippen molar-refractivity contribution in [2.75, 3.05) is 9.80 Å². The summed E-state index contributed by atoms with van der Waals surface area (Å²) in [7, 11) is 0. The van der Waals surface area contributed by atoms with E-state index in [-0.39, 0.29) is 28.4 Å². The number of fused-ring (bicyclic) bond motifs is 8. The third kappa shape index (κ3) is 6.95. The molecule has 63 heavy (non-hydrogen) atoms. The number of anilines is 6. The molecule has 0 fully saturated rings. The average Bonchev–Trinajstić information content (AvgIpc) is 3.63. The number of thiophene rings is 1. The lowest BCUT2D eigenvalue weighted by molar-refractivity contribution is 0.486. The van der Waals surface area contributed by atoms with Crippen LogP contribution in [0.5, 0.6) is 11.5 Å². The summed E-state index contributed by atoms with van der Waals surface area (Å²) in [6.45, 7) is 27.5. The molecule has 0 radical (unpaired) electrons. The first kappa shape index (κ1) is 41.2. The molecule has 7 aromatic carbocycles. The van der Waals surface area contributed by atoms with Gasteiger partial charge in [0.05, 0.1) is 10.4 Å². The van der Waals surface area contributed by atoms with E-state index in [0.29, 0.717) is 0 Å². The number of nitrogens with zero attached hydrogens (tertiary/aromatic N) is 2. The van der Waals surface area contributed by atoms with Crippen LogP contribution < -0.4 is 30.9 Å². The average molecular weight is 843 g/mol. The maximum absolute atomic E-state index is 6.95. The molecule has 0 spiro atoms. The summed E-state index contributed by atoms with van der Waals surface area (Å²) in [5, 5.41) is 2.59. The van der Waals surface area contributed by atoms with Crippen LogP contribution >= 0.6 is 11.3 Å². The number of rotatable bonds is 4. The van der Waals surface area contributed by atoms with E-state index in [1.54, 1.807) is 0 Å². The Balaban J connectivity index is 1.34. The molecular weight excluding hydrogens is 784 g/mol. The normalized spacial score (nSPS) is 13.8. The van der Waals surface area contributed by atoms with Gasteiger partial charge in [0, 0.05) is 33.1 Å². The Kier molecular flexibility index (Phi) is 9.41. The first-order valence-corrected chi connectivity index (χ1v) is 23.4. The monoisotopic (exact) mass is 842 g/mol. The van der Waals surface area contributed by atoms with Crippen LogP contribution in [0.25, 0.3) is 20.2 Å². The summed E-state index contributed by atoms with van der Waals surface area (Å²) in [6, 6.07) is 52.9. The smallest absolute Gasteiger partial charge is 0.257 e. The second-order valence-corrected chi connectivity index (χ2v) is 23.0. The van der Waals surface area contributed by atoms with E-state index in [2.05, 4.69) is 232 Å². The zero-order valence-electron chi connectivity index (χ0n) is 39.1. The van der Waals surface area contributed by atoms with Gasteiger partial charge in [-0.15, -0.1) is 11.3 Å². The zero-order chi connectivity index (χ0) is 44.4. The van der Waals surface area contributed by atoms with Gasteiger partial charge in [-0.2, -0.15) is 0 Å². The lowest BCUT2D eigenvalue weighted by Gasteiger charge is -2.41. The van der Waals surface area contributed by atoms with E-state index >= 15 is 0 Å². The molecule has 2 aliphatic rings. The Hall–Kier alpha value is -5.78. The molecule has 0 bridgehead atoms. The molecule has 3 heterocycles. The zero-order valence-corrected chi connectivity index (χ0v) is 39.9. The minimum atomic E-state index is -0.0532. The van der Waals surface area contributed by atoms with Crippen LogP contribution in [0, 0.1) is 0 Å². The van der Waals surface area contributed by atoms with Crippen LogP contribution in [0.3, 0.4) is 0 Å². The Morgan fingerprint density at radius 3 is 1.60 bits per heavy atom. The molecule has 2 aliphatic heterocycles. The van der Waals surface area contributed by atoms with Gasteiger partial charge in [-0.3, -0.25) is 0 Å². The Morgan fingerprint density at radius 1 is 0.492 bits per heavy atom. The van der Waals surface area contributed by atoms with Gasteiger partial charge in [0.1, 0.15) is 11.5 Å². The van der Waals surface area contributed by atoms with Gasteiger partial charge in [-0.25, -0.2) is 0 Å². The van der Waals surface area contributed by atoms with E-state index < -0.39 is 0 Å². The molecule has 0 unspecified atom stereocenters. The molecule has 3 nitrogen and oxygen atoms in total. The quantitative estimate of drug-likeness (QED) is 0.164. The number of benzene rings is 7. The van der Waals surface area contributed by atoms with Gasteiger partial charge in [-0.05, 0) is 138 Å².